The van der Waals surface area contributed by atoms with E-state index in [2.05, 4.69) is 10.2 Å². The molecule has 9 heteroatoms. The monoisotopic (exact) mass is 490 g/mol. The fourth-order valence-electron chi connectivity index (χ4n) is 3.44. The Kier molecular flexibility index (Phi) is 6.33. The van der Waals surface area contributed by atoms with Crippen molar-refractivity contribution < 1.29 is 9.15 Å². The highest BCUT2D eigenvalue weighted by Crippen LogP contribution is 2.27. The first kappa shape index (κ1) is 22.2. The summed E-state index contributed by atoms with van der Waals surface area (Å²) in [7, 11) is 0. The quantitative estimate of drug-likeness (QED) is 0.211. The Morgan fingerprint density at radius 1 is 1.00 bits per heavy atom. The number of halogens is 1. The van der Waals surface area contributed by atoms with Crippen LogP contribution >= 0.6 is 23.4 Å². The molecule has 2 heterocycles. The highest BCUT2D eigenvalue weighted by atomic mass is 35.5. The minimum absolute atomic E-state index is 0.148. The molecule has 170 valence electrons. The first-order valence-electron chi connectivity index (χ1n) is 10.6. The number of nitrogens with zero attached hydrogens (tertiary/aromatic N) is 4. The van der Waals surface area contributed by atoms with Crippen LogP contribution in [0.25, 0.3) is 28.0 Å². The van der Waals surface area contributed by atoms with Crippen molar-refractivity contribution in [3.05, 3.63) is 94.1 Å². The Bertz CT molecular complexity index is 1500. The fraction of sp³-hybridized carbons (Fsp3) is 0.120. The standard InChI is InChI=1S/C25H19ClN4O3S/c1-2-32-19-13-11-18(12-14-19)30-24(31)20-5-3-4-6-21(20)27-25(30)34-15-22-28-29-23(33-22)16-7-9-17(26)10-8-16/h3-14H,2,15H2,1H3. The number of hydrogen-bond donors (Lipinski definition) is 0. The summed E-state index contributed by atoms with van der Waals surface area (Å²) in [4.78, 5) is 18.2. The van der Waals surface area contributed by atoms with E-state index in [0.717, 1.165) is 11.3 Å². The number of fused-ring (bicyclic) bond motifs is 1. The third kappa shape index (κ3) is 4.55. The van der Waals surface area contributed by atoms with E-state index in [-0.39, 0.29) is 5.56 Å². The number of benzene rings is 3. The molecule has 5 rings (SSSR count). The SMILES string of the molecule is CCOc1ccc(-n2c(SCc3nnc(-c4ccc(Cl)cc4)o3)nc3ccccc3c2=O)cc1. The van der Waals surface area contributed by atoms with Gasteiger partial charge in [-0.25, -0.2) is 4.98 Å². The third-order valence-electron chi connectivity index (χ3n) is 5.03. The van der Waals surface area contributed by atoms with Crippen LogP contribution < -0.4 is 10.3 Å². The predicted molar refractivity (Wildman–Crippen MR) is 133 cm³/mol. The van der Waals surface area contributed by atoms with Crippen molar-refractivity contribution in [2.24, 2.45) is 0 Å². The van der Waals surface area contributed by atoms with Gasteiger partial charge in [-0.15, -0.1) is 10.2 Å². The van der Waals surface area contributed by atoms with Gasteiger partial charge < -0.3 is 9.15 Å². The zero-order chi connectivity index (χ0) is 23.5. The van der Waals surface area contributed by atoms with Crippen molar-refractivity contribution >= 4 is 34.3 Å². The number of hydrogen-bond acceptors (Lipinski definition) is 7. The average Bonchev–Trinajstić information content (AvgIpc) is 3.33. The Labute approximate surface area is 204 Å². The molecule has 0 fully saturated rings. The summed E-state index contributed by atoms with van der Waals surface area (Å²) in [5.41, 5.74) is 1.96. The maximum absolute atomic E-state index is 13.4. The van der Waals surface area contributed by atoms with Gasteiger partial charge in [0.1, 0.15) is 5.75 Å². The second-order valence-electron chi connectivity index (χ2n) is 7.28. The molecule has 3 aromatic carbocycles. The maximum atomic E-state index is 13.4. The molecule has 0 atom stereocenters. The lowest BCUT2D eigenvalue weighted by molar-refractivity contribution is 0.340. The second kappa shape index (κ2) is 9.70. The average molecular weight is 491 g/mol. The number of ether oxygens (including phenoxy) is 1. The van der Waals surface area contributed by atoms with Crippen LogP contribution in [0.2, 0.25) is 5.02 Å². The molecule has 0 amide bonds. The van der Waals surface area contributed by atoms with E-state index in [4.69, 9.17) is 25.7 Å². The summed E-state index contributed by atoms with van der Waals surface area (Å²) in [6.07, 6.45) is 0. The lowest BCUT2D eigenvalue weighted by Gasteiger charge is -2.13. The third-order valence-corrected chi connectivity index (χ3v) is 6.21. The Morgan fingerprint density at radius 3 is 2.53 bits per heavy atom. The zero-order valence-corrected chi connectivity index (χ0v) is 19.7. The minimum atomic E-state index is -0.148. The molecule has 2 aromatic heterocycles. The van der Waals surface area contributed by atoms with Gasteiger partial charge in [0.05, 0.1) is 29.0 Å². The molecule has 0 saturated heterocycles. The van der Waals surface area contributed by atoms with Crippen molar-refractivity contribution in [2.45, 2.75) is 17.8 Å². The van der Waals surface area contributed by atoms with Crippen molar-refractivity contribution in [3.8, 4) is 22.9 Å². The molecule has 0 saturated carbocycles. The van der Waals surface area contributed by atoms with Crippen LogP contribution in [-0.2, 0) is 5.75 Å². The van der Waals surface area contributed by atoms with E-state index in [1.165, 1.54) is 11.8 Å². The number of rotatable bonds is 7. The molecule has 7 nitrogen and oxygen atoms in total. The number of aromatic nitrogens is 4. The molecule has 0 bridgehead atoms. The molecule has 0 radical (unpaired) electrons. The molecule has 34 heavy (non-hydrogen) atoms. The van der Waals surface area contributed by atoms with E-state index < -0.39 is 0 Å². The Hall–Kier alpha value is -3.62. The van der Waals surface area contributed by atoms with Crippen LogP contribution in [0.5, 0.6) is 5.75 Å². The van der Waals surface area contributed by atoms with Crippen LogP contribution in [0.3, 0.4) is 0 Å². The first-order chi connectivity index (χ1) is 16.6. The highest BCUT2D eigenvalue weighted by Gasteiger charge is 2.16. The number of thioether (sulfide) groups is 1. The number of para-hydroxylation sites is 1. The van der Waals surface area contributed by atoms with E-state index in [1.54, 1.807) is 22.8 Å². The minimum Gasteiger partial charge on any atom is -0.494 e. The van der Waals surface area contributed by atoms with Gasteiger partial charge in [-0.1, -0.05) is 35.5 Å². The summed E-state index contributed by atoms with van der Waals surface area (Å²) in [6.45, 7) is 2.50. The van der Waals surface area contributed by atoms with E-state index in [0.29, 0.717) is 50.9 Å². The van der Waals surface area contributed by atoms with Crippen molar-refractivity contribution in [3.63, 3.8) is 0 Å². The van der Waals surface area contributed by atoms with Crippen LogP contribution in [0.1, 0.15) is 12.8 Å². The topological polar surface area (TPSA) is 83.0 Å². The van der Waals surface area contributed by atoms with Crippen LogP contribution in [-0.4, -0.2) is 26.4 Å². The first-order valence-corrected chi connectivity index (χ1v) is 11.9. The van der Waals surface area contributed by atoms with Gasteiger partial charge in [0.2, 0.25) is 11.8 Å². The van der Waals surface area contributed by atoms with Gasteiger partial charge >= 0.3 is 0 Å². The lowest BCUT2D eigenvalue weighted by atomic mass is 10.2. The zero-order valence-electron chi connectivity index (χ0n) is 18.1. The van der Waals surface area contributed by atoms with Crippen molar-refractivity contribution in [1.82, 2.24) is 19.7 Å². The molecule has 0 aliphatic heterocycles. The Balaban J connectivity index is 1.48. The lowest BCUT2D eigenvalue weighted by Crippen LogP contribution is -2.21. The summed E-state index contributed by atoms with van der Waals surface area (Å²) in [6, 6.07) is 21.8. The van der Waals surface area contributed by atoms with Crippen LogP contribution in [0.4, 0.5) is 0 Å². The maximum Gasteiger partial charge on any atom is 0.266 e. The Morgan fingerprint density at radius 2 is 1.76 bits per heavy atom. The molecule has 0 aliphatic carbocycles. The van der Waals surface area contributed by atoms with E-state index in [1.807, 2.05) is 61.5 Å². The molecule has 0 unspecified atom stereocenters. The second-order valence-corrected chi connectivity index (χ2v) is 8.65. The summed E-state index contributed by atoms with van der Waals surface area (Å²) >= 11 is 7.31. The molecule has 0 N–H and O–H groups in total. The summed E-state index contributed by atoms with van der Waals surface area (Å²) in [5, 5.41) is 9.98. The summed E-state index contributed by atoms with van der Waals surface area (Å²) < 4.78 is 13.0. The van der Waals surface area contributed by atoms with Crippen molar-refractivity contribution in [2.75, 3.05) is 6.61 Å². The smallest absolute Gasteiger partial charge is 0.266 e. The fourth-order valence-corrected chi connectivity index (χ4v) is 4.42. The van der Waals surface area contributed by atoms with E-state index in [9.17, 15) is 4.79 Å². The van der Waals surface area contributed by atoms with Crippen molar-refractivity contribution in [1.29, 1.82) is 0 Å². The largest absolute Gasteiger partial charge is 0.494 e. The van der Waals surface area contributed by atoms with Gasteiger partial charge in [0.25, 0.3) is 5.56 Å². The molecule has 5 aromatic rings. The molecular formula is C25H19ClN4O3S. The van der Waals surface area contributed by atoms with Gasteiger partial charge in [-0.2, -0.15) is 0 Å². The molecule has 0 spiro atoms. The van der Waals surface area contributed by atoms with Gasteiger partial charge in [-0.05, 0) is 67.6 Å². The van der Waals surface area contributed by atoms with Gasteiger partial charge in [-0.3, -0.25) is 9.36 Å². The molecule has 0 aliphatic rings. The van der Waals surface area contributed by atoms with E-state index >= 15 is 0 Å². The van der Waals surface area contributed by atoms with Gasteiger partial charge in [0, 0.05) is 10.6 Å². The predicted octanol–water partition coefficient (Wildman–Crippen LogP) is 5.78. The van der Waals surface area contributed by atoms with Crippen LogP contribution in [0, 0.1) is 0 Å². The van der Waals surface area contributed by atoms with Gasteiger partial charge in [0.15, 0.2) is 5.16 Å². The summed E-state index contributed by atoms with van der Waals surface area (Å²) in [5.74, 6) is 1.92. The molecular weight excluding hydrogens is 472 g/mol. The normalized spacial score (nSPS) is 11.1. The van der Waals surface area contributed by atoms with Crippen LogP contribution in [0.15, 0.2) is 87.2 Å². The highest BCUT2D eigenvalue weighted by molar-refractivity contribution is 7.98.